The van der Waals surface area contributed by atoms with Gasteiger partial charge in [0.05, 0.1) is 13.0 Å². The van der Waals surface area contributed by atoms with E-state index in [1.807, 2.05) is 12.1 Å². The largest absolute Gasteiger partial charge is 0.395 e. The Balaban J connectivity index is 2.63. The highest BCUT2D eigenvalue weighted by Crippen LogP contribution is 2.06. The second-order valence-corrected chi connectivity index (χ2v) is 4.22. The fourth-order valence-electron chi connectivity index (χ4n) is 1.37. The van der Waals surface area contributed by atoms with E-state index in [1.54, 1.807) is 19.2 Å². The van der Waals surface area contributed by atoms with Gasteiger partial charge in [0.15, 0.2) is 0 Å². The average Bonchev–Trinajstić information content (AvgIpc) is 2.30. The van der Waals surface area contributed by atoms with Gasteiger partial charge in [-0.25, -0.2) is 0 Å². The van der Waals surface area contributed by atoms with E-state index in [9.17, 15) is 4.79 Å². The van der Waals surface area contributed by atoms with Crippen LogP contribution in [0.15, 0.2) is 24.3 Å². The lowest BCUT2D eigenvalue weighted by Gasteiger charge is -2.15. The van der Waals surface area contributed by atoms with Crippen molar-refractivity contribution in [2.75, 3.05) is 20.2 Å². The Bertz CT molecular complexity index is 403. The first-order valence-corrected chi connectivity index (χ1v) is 5.69. The number of carbonyl (C=O) groups is 1. The highest BCUT2D eigenvalue weighted by molar-refractivity contribution is 7.80. The maximum Gasteiger partial charge on any atom is 0.226 e. The lowest BCUT2D eigenvalue weighted by Crippen LogP contribution is -2.30. The number of thiocarbonyl (C=S) groups is 1. The minimum Gasteiger partial charge on any atom is -0.395 e. The van der Waals surface area contributed by atoms with Crippen LogP contribution in [0.3, 0.4) is 0 Å². The molecular formula is C12H16N2O2S. The number of benzene rings is 1. The van der Waals surface area contributed by atoms with Gasteiger partial charge in [0.1, 0.15) is 4.99 Å². The summed E-state index contributed by atoms with van der Waals surface area (Å²) in [5.74, 6) is -0.0258. The van der Waals surface area contributed by atoms with E-state index < -0.39 is 0 Å². The van der Waals surface area contributed by atoms with Crippen LogP contribution in [-0.4, -0.2) is 41.1 Å². The number of rotatable bonds is 5. The topological polar surface area (TPSA) is 66.6 Å². The van der Waals surface area contributed by atoms with Crippen molar-refractivity contribution in [2.45, 2.75) is 6.42 Å². The van der Waals surface area contributed by atoms with Gasteiger partial charge in [0.2, 0.25) is 5.91 Å². The monoisotopic (exact) mass is 252 g/mol. The van der Waals surface area contributed by atoms with E-state index in [4.69, 9.17) is 23.1 Å². The number of aliphatic hydroxyl groups is 1. The number of hydrogen-bond acceptors (Lipinski definition) is 3. The van der Waals surface area contributed by atoms with E-state index in [0.717, 1.165) is 11.1 Å². The summed E-state index contributed by atoms with van der Waals surface area (Å²) in [5, 5.41) is 8.73. The molecule has 1 aromatic carbocycles. The zero-order chi connectivity index (χ0) is 12.8. The van der Waals surface area contributed by atoms with Gasteiger partial charge in [-0.2, -0.15) is 0 Å². The summed E-state index contributed by atoms with van der Waals surface area (Å²) in [6, 6.07) is 7.27. The maximum atomic E-state index is 11.7. The number of carbonyl (C=O) groups excluding carboxylic acids is 1. The Kier molecular flexibility index (Phi) is 5.06. The summed E-state index contributed by atoms with van der Waals surface area (Å²) in [4.78, 5) is 13.5. The SMILES string of the molecule is CN(CCO)C(=O)Cc1ccc(C(N)=S)cc1. The molecule has 0 bridgehead atoms. The maximum absolute atomic E-state index is 11.7. The molecule has 0 unspecified atom stereocenters. The molecule has 1 rings (SSSR count). The molecular weight excluding hydrogens is 236 g/mol. The van der Waals surface area contributed by atoms with Crippen molar-refractivity contribution < 1.29 is 9.90 Å². The standard InChI is InChI=1S/C12H16N2O2S/c1-14(6-7-15)11(16)8-9-2-4-10(5-3-9)12(13)17/h2-5,15H,6-8H2,1H3,(H2,13,17). The number of likely N-dealkylation sites (N-methyl/N-ethyl adjacent to an activating group) is 1. The zero-order valence-electron chi connectivity index (χ0n) is 9.72. The van der Waals surface area contributed by atoms with Gasteiger partial charge in [-0.3, -0.25) is 4.79 Å². The van der Waals surface area contributed by atoms with Gasteiger partial charge in [-0.15, -0.1) is 0 Å². The highest BCUT2D eigenvalue weighted by Gasteiger charge is 2.08. The third-order valence-corrected chi connectivity index (χ3v) is 2.69. The molecule has 92 valence electrons. The highest BCUT2D eigenvalue weighted by atomic mass is 32.1. The summed E-state index contributed by atoms with van der Waals surface area (Å²) >= 11 is 4.84. The van der Waals surface area contributed by atoms with Crippen molar-refractivity contribution in [3.8, 4) is 0 Å². The Morgan fingerprint density at radius 2 is 2.00 bits per heavy atom. The third kappa shape index (κ3) is 4.13. The Morgan fingerprint density at radius 1 is 1.41 bits per heavy atom. The fourth-order valence-corrected chi connectivity index (χ4v) is 1.51. The lowest BCUT2D eigenvalue weighted by molar-refractivity contribution is -0.129. The van der Waals surface area contributed by atoms with Gasteiger partial charge in [-0.05, 0) is 5.56 Å². The predicted octanol–water partition coefficient (Wildman–Crippen LogP) is 0.314. The first-order valence-electron chi connectivity index (χ1n) is 5.28. The van der Waals surface area contributed by atoms with Gasteiger partial charge < -0.3 is 15.7 Å². The molecule has 0 atom stereocenters. The molecule has 0 spiro atoms. The van der Waals surface area contributed by atoms with Crippen molar-refractivity contribution in [3.05, 3.63) is 35.4 Å². The summed E-state index contributed by atoms with van der Waals surface area (Å²) in [6.07, 6.45) is 0.314. The molecule has 0 radical (unpaired) electrons. The van der Waals surface area contributed by atoms with Crippen molar-refractivity contribution >= 4 is 23.1 Å². The van der Waals surface area contributed by atoms with Crippen molar-refractivity contribution in [2.24, 2.45) is 5.73 Å². The second kappa shape index (κ2) is 6.32. The zero-order valence-corrected chi connectivity index (χ0v) is 10.5. The van der Waals surface area contributed by atoms with Crippen LogP contribution in [0.25, 0.3) is 0 Å². The van der Waals surface area contributed by atoms with E-state index in [2.05, 4.69) is 0 Å². The molecule has 0 heterocycles. The summed E-state index contributed by atoms with van der Waals surface area (Å²) in [7, 11) is 1.67. The second-order valence-electron chi connectivity index (χ2n) is 3.78. The molecule has 0 aliphatic rings. The van der Waals surface area contributed by atoms with Crippen LogP contribution in [0, 0.1) is 0 Å². The van der Waals surface area contributed by atoms with Crippen LogP contribution in [0.5, 0.6) is 0 Å². The number of hydrogen-bond donors (Lipinski definition) is 2. The molecule has 5 heteroatoms. The molecule has 0 aliphatic carbocycles. The molecule has 0 saturated carbocycles. The van der Waals surface area contributed by atoms with Crippen LogP contribution < -0.4 is 5.73 Å². The Labute approximate surface area is 106 Å². The van der Waals surface area contributed by atoms with Crippen LogP contribution in [0.1, 0.15) is 11.1 Å². The Hall–Kier alpha value is -1.46. The molecule has 0 aliphatic heterocycles. The molecule has 0 aromatic heterocycles. The van der Waals surface area contributed by atoms with Crippen LogP contribution in [-0.2, 0) is 11.2 Å². The van der Waals surface area contributed by atoms with E-state index >= 15 is 0 Å². The van der Waals surface area contributed by atoms with Gasteiger partial charge in [0.25, 0.3) is 0 Å². The molecule has 3 N–H and O–H groups in total. The van der Waals surface area contributed by atoms with Crippen molar-refractivity contribution in [1.82, 2.24) is 4.90 Å². The van der Waals surface area contributed by atoms with Crippen LogP contribution in [0.4, 0.5) is 0 Å². The van der Waals surface area contributed by atoms with Gasteiger partial charge >= 0.3 is 0 Å². The molecule has 1 amide bonds. The quantitative estimate of drug-likeness (QED) is 0.740. The summed E-state index contributed by atoms with van der Waals surface area (Å²) in [6.45, 7) is 0.326. The predicted molar refractivity (Wildman–Crippen MR) is 70.8 cm³/mol. The van der Waals surface area contributed by atoms with Gasteiger partial charge in [-0.1, -0.05) is 36.5 Å². The average molecular weight is 252 g/mol. The molecule has 0 fully saturated rings. The molecule has 0 saturated heterocycles. The third-order valence-electron chi connectivity index (χ3n) is 2.45. The normalized spacial score (nSPS) is 10.0. The fraction of sp³-hybridized carbons (Fsp3) is 0.333. The van der Waals surface area contributed by atoms with Crippen LogP contribution >= 0.6 is 12.2 Å². The van der Waals surface area contributed by atoms with E-state index in [1.165, 1.54) is 4.90 Å². The summed E-state index contributed by atoms with van der Waals surface area (Å²) in [5.41, 5.74) is 7.18. The smallest absolute Gasteiger partial charge is 0.226 e. The minimum absolute atomic E-state index is 0.0252. The van der Waals surface area contributed by atoms with Crippen molar-refractivity contribution in [1.29, 1.82) is 0 Å². The van der Waals surface area contributed by atoms with Crippen LogP contribution in [0.2, 0.25) is 0 Å². The lowest BCUT2D eigenvalue weighted by atomic mass is 10.1. The van der Waals surface area contributed by atoms with Crippen molar-refractivity contribution in [3.63, 3.8) is 0 Å². The number of nitrogens with zero attached hydrogens (tertiary/aromatic N) is 1. The molecule has 17 heavy (non-hydrogen) atoms. The number of amides is 1. The first kappa shape index (κ1) is 13.6. The number of aliphatic hydroxyl groups excluding tert-OH is 1. The number of nitrogens with two attached hydrogens (primary N) is 1. The van der Waals surface area contributed by atoms with E-state index in [-0.39, 0.29) is 12.5 Å². The van der Waals surface area contributed by atoms with Gasteiger partial charge in [0, 0.05) is 19.2 Å². The minimum atomic E-state index is -0.0258. The summed E-state index contributed by atoms with van der Waals surface area (Å²) < 4.78 is 0. The molecule has 4 nitrogen and oxygen atoms in total. The molecule has 1 aromatic rings. The first-order chi connectivity index (χ1) is 8.04. The van der Waals surface area contributed by atoms with E-state index in [0.29, 0.717) is 18.0 Å². The Morgan fingerprint density at radius 3 is 2.47 bits per heavy atom.